The number of carbonyl (C=O) groups excluding carboxylic acids is 1. The molecule has 148 valence electrons. The van der Waals surface area contributed by atoms with Crippen LogP contribution in [0.5, 0.6) is 0 Å². The van der Waals surface area contributed by atoms with E-state index in [0.29, 0.717) is 30.5 Å². The number of halogens is 1. The minimum absolute atomic E-state index is 0.161. The number of hydrogen-bond acceptors (Lipinski definition) is 5. The number of likely N-dealkylation sites (tertiary alicyclic amines) is 1. The average molecular weight is 377 g/mol. The third-order valence-electron chi connectivity index (χ3n) is 4.90. The van der Waals surface area contributed by atoms with Crippen molar-refractivity contribution in [2.24, 2.45) is 11.8 Å². The molecular weight excluding hydrogens is 349 g/mol. The molecule has 1 fully saturated rings. The van der Waals surface area contributed by atoms with Gasteiger partial charge in [0.15, 0.2) is 11.6 Å². The number of amides is 1. The Morgan fingerprint density at radius 1 is 1.41 bits per heavy atom. The number of carbonyl (C=O) groups is 1. The van der Waals surface area contributed by atoms with Crippen molar-refractivity contribution in [1.82, 2.24) is 14.9 Å². The Hall–Kier alpha value is -2.02. The van der Waals surface area contributed by atoms with Crippen molar-refractivity contribution in [3.63, 3.8) is 0 Å². The summed E-state index contributed by atoms with van der Waals surface area (Å²) in [6.45, 7) is 10.1. The summed E-state index contributed by atoms with van der Waals surface area (Å²) in [5.41, 5.74) is 1.03. The van der Waals surface area contributed by atoms with Gasteiger partial charge in [0.25, 0.3) is 0 Å². The van der Waals surface area contributed by atoms with Crippen LogP contribution >= 0.6 is 0 Å². The Bertz CT molecular complexity index is 770. The molecule has 1 N–H and O–H groups in total. The van der Waals surface area contributed by atoms with Crippen LogP contribution in [0.15, 0.2) is 6.08 Å². The summed E-state index contributed by atoms with van der Waals surface area (Å²) in [6, 6.07) is 0. The number of rotatable bonds is 3. The third kappa shape index (κ3) is 4.46. The van der Waals surface area contributed by atoms with Crippen LogP contribution in [-0.4, -0.2) is 50.9 Å². The van der Waals surface area contributed by atoms with Crippen LogP contribution in [0.3, 0.4) is 0 Å². The number of ether oxygens (including phenoxy) is 1. The zero-order valence-electron chi connectivity index (χ0n) is 16.6. The molecule has 1 aliphatic carbocycles. The molecule has 3 unspecified atom stereocenters. The largest absolute Gasteiger partial charge is 0.444 e. The lowest BCUT2D eigenvalue weighted by Gasteiger charge is -2.24. The fourth-order valence-corrected chi connectivity index (χ4v) is 3.73. The molecule has 3 rings (SSSR count). The number of aryl methyl sites for hydroxylation is 1. The Labute approximate surface area is 159 Å². The van der Waals surface area contributed by atoms with E-state index in [0.717, 1.165) is 12.0 Å². The third-order valence-corrected chi connectivity index (χ3v) is 4.90. The van der Waals surface area contributed by atoms with Gasteiger partial charge in [-0.05, 0) is 52.5 Å². The Kier molecular flexibility index (Phi) is 5.25. The van der Waals surface area contributed by atoms with Crippen LogP contribution in [0.2, 0.25) is 0 Å². The normalized spacial score (nSPS) is 23.2. The lowest BCUT2D eigenvalue weighted by molar-refractivity contribution is 0.0285. The SMILES string of the molecule is Cc1nc(C2=CC3CN(C(=O)OC(C)(C)C)CC3C2)nc(CC(C)O)c1F. The van der Waals surface area contributed by atoms with Crippen LogP contribution < -0.4 is 0 Å². The first-order valence-corrected chi connectivity index (χ1v) is 9.43. The lowest BCUT2D eigenvalue weighted by atomic mass is 10.00. The molecule has 0 aromatic carbocycles. The van der Waals surface area contributed by atoms with Crippen molar-refractivity contribution in [3.8, 4) is 0 Å². The Balaban J connectivity index is 1.74. The molecule has 3 atom stereocenters. The summed E-state index contributed by atoms with van der Waals surface area (Å²) >= 11 is 0. The van der Waals surface area contributed by atoms with Crippen LogP contribution in [0, 0.1) is 24.6 Å². The summed E-state index contributed by atoms with van der Waals surface area (Å²) in [7, 11) is 0. The van der Waals surface area contributed by atoms with Crippen molar-refractivity contribution in [2.45, 2.75) is 59.2 Å². The highest BCUT2D eigenvalue weighted by Crippen LogP contribution is 2.40. The molecular formula is C20H28FN3O3. The van der Waals surface area contributed by atoms with Gasteiger partial charge in [-0.2, -0.15) is 0 Å². The van der Waals surface area contributed by atoms with Crippen molar-refractivity contribution in [3.05, 3.63) is 29.1 Å². The van der Waals surface area contributed by atoms with Gasteiger partial charge in [0.2, 0.25) is 0 Å². The van der Waals surface area contributed by atoms with Crippen LogP contribution in [0.4, 0.5) is 9.18 Å². The van der Waals surface area contributed by atoms with Gasteiger partial charge in [0, 0.05) is 25.4 Å². The van der Waals surface area contributed by atoms with E-state index < -0.39 is 17.5 Å². The number of fused-ring (bicyclic) bond motifs is 1. The highest BCUT2D eigenvalue weighted by atomic mass is 19.1. The zero-order chi connectivity index (χ0) is 19.9. The highest BCUT2D eigenvalue weighted by molar-refractivity contribution is 5.70. The molecule has 27 heavy (non-hydrogen) atoms. The van der Waals surface area contributed by atoms with E-state index >= 15 is 0 Å². The molecule has 0 bridgehead atoms. The quantitative estimate of drug-likeness (QED) is 0.876. The predicted octanol–water partition coefficient (Wildman–Crippen LogP) is 3.12. The molecule has 1 aliphatic heterocycles. The van der Waals surface area contributed by atoms with Gasteiger partial charge in [-0.25, -0.2) is 19.2 Å². The van der Waals surface area contributed by atoms with E-state index in [-0.39, 0.29) is 24.1 Å². The maximum absolute atomic E-state index is 14.2. The molecule has 7 heteroatoms. The molecule has 1 aromatic heterocycles. The average Bonchev–Trinajstić information content (AvgIpc) is 3.08. The van der Waals surface area contributed by atoms with E-state index in [9.17, 15) is 14.3 Å². The van der Waals surface area contributed by atoms with Crippen molar-refractivity contribution >= 4 is 11.7 Å². The molecule has 2 heterocycles. The fourth-order valence-electron chi connectivity index (χ4n) is 3.73. The first-order valence-electron chi connectivity index (χ1n) is 9.43. The van der Waals surface area contributed by atoms with Gasteiger partial charge >= 0.3 is 6.09 Å². The van der Waals surface area contributed by atoms with E-state index in [2.05, 4.69) is 16.0 Å². The molecule has 6 nitrogen and oxygen atoms in total. The van der Waals surface area contributed by atoms with Gasteiger partial charge in [0.05, 0.1) is 17.5 Å². The van der Waals surface area contributed by atoms with Gasteiger partial charge in [-0.3, -0.25) is 0 Å². The number of aliphatic hydroxyl groups excluding tert-OH is 1. The zero-order valence-corrected chi connectivity index (χ0v) is 16.6. The van der Waals surface area contributed by atoms with E-state index in [4.69, 9.17) is 4.74 Å². The minimum atomic E-state index is -0.666. The first kappa shape index (κ1) is 19.7. The molecule has 1 amide bonds. The number of allylic oxidation sites excluding steroid dienone is 1. The van der Waals surface area contributed by atoms with Crippen LogP contribution in [-0.2, 0) is 11.2 Å². The second-order valence-corrected chi connectivity index (χ2v) is 8.65. The minimum Gasteiger partial charge on any atom is -0.444 e. The smallest absolute Gasteiger partial charge is 0.410 e. The molecule has 2 aliphatic rings. The number of nitrogens with zero attached hydrogens (tertiary/aromatic N) is 3. The second kappa shape index (κ2) is 7.19. The van der Waals surface area contributed by atoms with Crippen LogP contribution in [0.1, 0.15) is 51.3 Å². The van der Waals surface area contributed by atoms with Crippen molar-refractivity contribution in [2.75, 3.05) is 13.1 Å². The topological polar surface area (TPSA) is 75.6 Å². The highest BCUT2D eigenvalue weighted by Gasteiger charge is 2.40. The number of aliphatic hydroxyl groups is 1. The van der Waals surface area contributed by atoms with E-state index in [1.165, 1.54) is 0 Å². The van der Waals surface area contributed by atoms with Gasteiger partial charge < -0.3 is 14.7 Å². The summed E-state index contributed by atoms with van der Waals surface area (Å²) in [5.74, 6) is 0.626. The summed E-state index contributed by atoms with van der Waals surface area (Å²) < 4.78 is 19.7. The first-order chi connectivity index (χ1) is 12.5. The second-order valence-electron chi connectivity index (χ2n) is 8.65. The molecule has 0 saturated carbocycles. The molecule has 1 aromatic rings. The summed E-state index contributed by atoms with van der Waals surface area (Å²) in [4.78, 5) is 22.7. The van der Waals surface area contributed by atoms with Gasteiger partial charge in [-0.1, -0.05) is 6.08 Å². The number of hydrogen-bond donors (Lipinski definition) is 1. The van der Waals surface area contributed by atoms with Crippen molar-refractivity contribution < 1.29 is 19.0 Å². The van der Waals surface area contributed by atoms with E-state index in [1.54, 1.807) is 18.7 Å². The lowest BCUT2D eigenvalue weighted by Crippen LogP contribution is -2.35. The van der Waals surface area contributed by atoms with Gasteiger partial charge in [-0.15, -0.1) is 0 Å². The Morgan fingerprint density at radius 3 is 2.70 bits per heavy atom. The monoisotopic (exact) mass is 377 g/mol. The molecule has 0 spiro atoms. The fraction of sp³-hybridized carbons (Fsp3) is 0.650. The summed E-state index contributed by atoms with van der Waals surface area (Å²) in [6.07, 6.45) is 2.08. The standard InChI is InChI=1S/C20H28FN3O3/c1-11(25)6-16-17(21)12(2)22-18(23-16)13-7-14-9-24(10-15(14)8-13)19(26)27-20(3,4)5/h7,11,14-15,25H,6,8-10H2,1-5H3. The van der Waals surface area contributed by atoms with E-state index in [1.807, 2.05) is 20.8 Å². The van der Waals surface area contributed by atoms with Crippen LogP contribution in [0.25, 0.3) is 5.57 Å². The maximum atomic E-state index is 14.2. The van der Waals surface area contributed by atoms with Gasteiger partial charge in [0.1, 0.15) is 5.60 Å². The van der Waals surface area contributed by atoms with Crippen molar-refractivity contribution in [1.29, 1.82) is 0 Å². The maximum Gasteiger partial charge on any atom is 0.410 e. The predicted molar refractivity (Wildman–Crippen MR) is 99.5 cm³/mol. The number of aromatic nitrogens is 2. The summed E-state index contributed by atoms with van der Waals surface area (Å²) in [5, 5.41) is 9.58. The Morgan fingerprint density at radius 2 is 2.11 bits per heavy atom. The molecule has 0 radical (unpaired) electrons. The molecule has 1 saturated heterocycles.